The van der Waals surface area contributed by atoms with Crippen molar-refractivity contribution in [3.05, 3.63) is 53.3 Å². The van der Waals surface area contributed by atoms with Crippen LogP contribution >= 0.6 is 22.9 Å². The highest BCUT2D eigenvalue weighted by Gasteiger charge is 2.12. The highest BCUT2D eigenvalue weighted by molar-refractivity contribution is 7.22. The van der Waals surface area contributed by atoms with Crippen molar-refractivity contribution in [3.63, 3.8) is 0 Å². The maximum Gasteiger partial charge on any atom is 0.249 e. The van der Waals surface area contributed by atoms with E-state index < -0.39 is 0 Å². The number of amides is 1. The van der Waals surface area contributed by atoms with Crippen LogP contribution < -0.4 is 5.32 Å². The largest absolute Gasteiger partial charge is 0.300 e. The molecule has 0 radical (unpaired) electrons. The first kappa shape index (κ1) is 16.6. The first-order chi connectivity index (χ1) is 12.6. The number of hydrogen-bond donors (Lipinski definition) is 1. The third-order valence-electron chi connectivity index (χ3n) is 3.42. The van der Waals surface area contributed by atoms with Gasteiger partial charge >= 0.3 is 0 Å². The Balaban J connectivity index is 1.46. The molecule has 1 N–H and O–H groups in total. The number of thiazole rings is 1. The summed E-state index contributed by atoms with van der Waals surface area (Å²) in [7, 11) is 0. The molecule has 0 saturated carbocycles. The zero-order chi connectivity index (χ0) is 18.1. The van der Waals surface area contributed by atoms with Gasteiger partial charge in [-0.15, -0.1) is 10.2 Å². The number of nitrogens with zero attached hydrogens (tertiary/aromatic N) is 5. The summed E-state index contributed by atoms with van der Waals surface area (Å²) in [5.74, 6) is -0.338. The fourth-order valence-electron chi connectivity index (χ4n) is 2.29. The highest BCUT2D eigenvalue weighted by Crippen LogP contribution is 2.26. The molecular formula is C16H10ClFN6OS. The number of halogens is 2. The minimum absolute atomic E-state index is 0.127. The lowest BCUT2D eigenvalue weighted by molar-refractivity contribution is -0.117. The van der Waals surface area contributed by atoms with Gasteiger partial charge in [-0.05, 0) is 35.5 Å². The van der Waals surface area contributed by atoms with E-state index in [1.807, 2.05) is 0 Å². The molecule has 0 aliphatic carbocycles. The highest BCUT2D eigenvalue weighted by atomic mass is 35.5. The Morgan fingerprint density at radius 3 is 3.00 bits per heavy atom. The Labute approximate surface area is 155 Å². The molecule has 0 spiro atoms. The van der Waals surface area contributed by atoms with Crippen LogP contribution in [0.4, 0.5) is 9.52 Å². The van der Waals surface area contributed by atoms with Crippen LogP contribution in [0.3, 0.4) is 0 Å². The first-order valence-electron chi connectivity index (χ1n) is 7.46. The summed E-state index contributed by atoms with van der Waals surface area (Å²) < 4.78 is 13.9. The predicted octanol–water partition coefficient (Wildman–Crippen LogP) is 3.38. The summed E-state index contributed by atoms with van der Waals surface area (Å²) in [5, 5.41) is 15.5. The Hall–Kier alpha value is -2.91. The molecule has 10 heteroatoms. The van der Waals surface area contributed by atoms with E-state index in [2.05, 4.69) is 25.7 Å². The topological polar surface area (TPSA) is 85.6 Å². The quantitative estimate of drug-likeness (QED) is 0.579. The summed E-state index contributed by atoms with van der Waals surface area (Å²) in [5.41, 5.74) is 1.33. The fraction of sp³-hybridized carbons (Fsp3) is 0.0625. The lowest BCUT2D eigenvalue weighted by atomic mass is 10.2. The molecule has 2 heterocycles. The monoisotopic (exact) mass is 388 g/mol. The third kappa shape index (κ3) is 3.53. The van der Waals surface area contributed by atoms with Gasteiger partial charge in [-0.3, -0.25) is 4.79 Å². The van der Waals surface area contributed by atoms with Gasteiger partial charge in [0.1, 0.15) is 12.4 Å². The molecule has 4 rings (SSSR count). The maximum atomic E-state index is 13.2. The van der Waals surface area contributed by atoms with Crippen LogP contribution in [-0.4, -0.2) is 31.1 Å². The van der Waals surface area contributed by atoms with Crippen molar-refractivity contribution in [2.75, 3.05) is 5.32 Å². The number of fused-ring (bicyclic) bond motifs is 1. The van der Waals surface area contributed by atoms with Gasteiger partial charge in [0.15, 0.2) is 5.13 Å². The van der Waals surface area contributed by atoms with Crippen LogP contribution in [0.1, 0.15) is 0 Å². The molecule has 0 aliphatic heterocycles. The van der Waals surface area contributed by atoms with Gasteiger partial charge in [-0.25, -0.2) is 9.37 Å². The molecule has 0 unspecified atom stereocenters. The van der Waals surface area contributed by atoms with E-state index in [-0.39, 0.29) is 18.3 Å². The molecule has 130 valence electrons. The van der Waals surface area contributed by atoms with Crippen molar-refractivity contribution in [3.8, 4) is 11.4 Å². The van der Waals surface area contributed by atoms with Crippen molar-refractivity contribution >= 4 is 44.2 Å². The molecule has 4 aromatic rings. The van der Waals surface area contributed by atoms with E-state index in [4.69, 9.17) is 11.6 Å². The van der Waals surface area contributed by atoms with Crippen molar-refractivity contribution in [1.82, 2.24) is 25.2 Å². The smallest absolute Gasteiger partial charge is 0.249 e. The van der Waals surface area contributed by atoms with Gasteiger partial charge in [0.25, 0.3) is 0 Å². The number of anilines is 1. The fourth-order valence-corrected chi connectivity index (χ4v) is 3.39. The average Bonchev–Trinajstić information content (AvgIpc) is 3.20. The molecule has 26 heavy (non-hydrogen) atoms. The zero-order valence-corrected chi connectivity index (χ0v) is 14.6. The van der Waals surface area contributed by atoms with Crippen molar-refractivity contribution in [2.45, 2.75) is 6.54 Å². The number of nitrogens with one attached hydrogen (secondary N) is 1. The second-order valence-corrected chi connectivity index (χ2v) is 6.80. The molecule has 1 amide bonds. The van der Waals surface area contributed by atoms with E-state index in [0.717, 1.165) is 0 Å². The van der Waals surface area contributed by atoms with E-state index in [0.29, 0.717) is 31.8 Å². The third-order valence-corrected chi connectivity index (χ3v) is 4.59. The Bertz CT molecular complexity index is 1110. The number of tetrazole rings is 1. The molecule has 2 aromatic heterocycles. The van der Waals surface area contributed by atoms with Crippen LogP contribution in [0, 0.1) is 5.82 Å². The van der Waals surface area contributed by atoms with Gasteiger partial charge in [0, 0.05) is 10.6 Å². The summed E-state index contributed by atoms with van der Waals surface area (Å²) in [6, 6.07) is 11.3. The number of hydrogen-bond acceptors (Lipinski definition) is 6. The van der Waals surface area contributed by atoms with Crippen molar-refractivity contribution in [2.24, 2.45) is 0 Å². The van der Waals surface area contributed by atoms with E-state index in [1.165, 1.54) is 28.3 Å². The molecule has 0 saturated heterocycles. The van der Waals surface area contributed by atoms with E-state index >= 15 is 0 Å². The summed E-state index contributed by atoms with van der Waals surface area (Å²) in [6.07, 6.45) is 0. The normalized spacial score (nSPS) is 11.0. The van der Waals surface area contributed by atoms with Gasteiger partial charge in [-0.1, -0.05) is 35.1 Å². The first-order valence-corrected chi connectivity index (χ1v) is 8.66. The van der Waals surface area contributed by atoms with Gasteiger partial charge in [0.2, 0.25) is 11.7 Å². The summed E-state index contributed by atoms with van der Waals surface area (Å²) in [4.78, 5) is 17.6. The van der Waals surface area contributed by atoms with Crippen LogP contribution in [0.5, 0.6) is 0 Å². The number of aromatic nitrogens is 5. The van der Waals surface area contributed by atoms with Crippen molar-refractivity contribution < 1.29 is 9.18 Å². The molecule has 0 atom stereocenters. The number of benzene rings is 2. The number of rotatable bonds is 4. The zero-order valence-electron chi connectivity index (χ0n) is 13.1. The predicted molar refractivity (Wildman–Crippen MR) is 96.5 cm³/mol. The van der Waals surface area contributed by atoms with Crippen LogP contribution in [0.2, 0.25) is 5.02 Å². The lowest BCUT2D eigenvalue weighted by Crippen LogP contribution is -2.20. The van der Waals surface area contributed by atoms with Crippen molar-refractivity contribution in [1.29, 1.82) is 0 Å². The average molecular weight is 389 g/mol. The van der Waals surface area contributed by atoms with Gasteiger partial charge < -0.3 is 5.32 Å². The van der Waals surface area contributed by atoms with Crippen LogP contribution in [0.25, 0.3) is 21.6 Å². The second kappa shape index (κ2) is 6.77. The van der Waals surface area contributed by atoms with E-state index in [1.54, 1.807) is 30.3 Å². The number of carbonyl (C=O) groups is 1. The van der Waals surface area contributed by atoms with Gasteiger partial charge in [-0.2, -0.15) is 4.80 Å². The second-order valence-electron chi connectivity index (χ2n) is 5.33. The minimum Gasteiger partial charge on any atom is -0.300 e. The Morgan fingerprint density at radius 2 is 2.15 bits per heavy atom. The molecule has 2 aromatic carbocycles. The molecule has 7 nitrogen and oxygen atoms in total. The molecular weight excluding hydrogens is 379 g/mol. The molecule has 0 fully saturated rings. The molecule has 0 bridgehead atoms. The Morgan fingerprint density at radius 1 is 1.27 bits per heavy atom. The summed E-state index contributed by atoms with van der Waals surface area (Å²) in [6.45, 7) is -0.127. The molecule has 0 aliphatic rings. The maximum absolute atomic E-state index is 13.2. The standard InChI is InChI=1S/C16H10ClFN6OS/c17-10-3-1-2-9(6-10)15-21-23-24(22-15)8-14(25)20-16-19-12-5-4-11(18)7-13(12)26-16/h1-7H,8H2,(H,19,20,25). The summed E-state index contributed by atoms with van der Waals surface area (Å²) >= 11 is 7.13. The SMILES string of the molecule is O=C(Cn1nnc(-c2cccc(Cl)c2)n1)Nc1nc2ccc(F)cc2s1. The Kier molecular flexibility index (Phi) is 4.31. The van der Waals surface area contributed by atoms with Crippen LogP contribution in [-0.2, 0) is 11.3 Å². The van der Waals surface area contributed by atoms with Crippen LogP contribution in [0.15, 0.2) is 42.5 Å². The minimum atomic E-state index is -0.362. The lowest BCUT2D eigenvalue weighted by Gasteiger charge is -1.99. The van der Waals surface area contributed by atoms with E-state index in [9.17, 15) is 9.18 Å². The number of carbonyl (C=O) groups excluding carboxylic acids is 1. The van der Waals surface area contributed by atoms with Gasteiger partial charge in [0.05, 0.1) is 10.2 Å².